The Morgan fingerprint density at radius 2 is 2.14 bits per heavy atom. The molecule has 0 radical (unpaired) electrons. The van der Waals surface area contributed by atoms with E-state index in [1.54, 1.807) is 18.4 Å². The van der Waals surface area contributed by atoms with Gasteiger partial charge in [0.1, 0.15) is 0 Å². The highest BCUT2D eigenvalue weighted by molar-refractivity contribution is 7.11. The van der Waals surface area contributed by atoms with Gasteiger partial charge in [-0.05, 0) is 19.4 Å². The maximum Gasteiger partial charge on any atom is 0.191 e. The number of aryl methyl sites for hydroxylation is 2. The lowest BCUT2D eigenvalue weighted by Crippen LogP contribution is -2.37. The summed E-state index contributed by atoms with van der Waals surface area (Å²) in [6.45, 7) is 5.79. The fourth-order valence-corrected chi connectivity index (χ4v) is 2.82. The third-order valence-corrected chi connectivity index (χ3v) is 4.04. The highest BCUT2D eigenvalue weighted by Crippen LogP contribution is 2.10. The van der Waals surface area contributed by atoms with Crippen molar-refractivity contribution in [3.8, 4) is 0 Å². The number of nitrogens with zero attached hydrogens (tertiary/aromatic N) is 2. The van der Waals surface area contributed by atoms with Gasteiger partial charge in [0, 0.05) is 37.6 Å². The van der Waals surface area contributed by atoms with Crippen molar-refractivity contribution in [2.24, 2.45) is 4.99 Å². The molecule has 0 saturated carbocycles. The van der Waals surface area contributed by atoms with Crippen molar-refractivity contribution in [2.75, 3.05) is 13.6 Å². The Balaban J connectivity index is 1.76. The van der Waals surface area contributed by atoms with E-state index in [2.05, 4.69) is 58.7 Å². The number of rotatable bonds is 5. The molecule has 0 spiro atoms. The lowest BCUT2D eigenvalue weighted by atomic mass is 10.1. The summed E-state index contributed by atoms with van der Waals surface area (Å²) in [5.74, 6) is 0.824. The second-order valence-electron chi connectivity index (χ2n) is 4.96. The van der Waals surface area contributed by atoms with Crippen molar-refractivity contribution in [1.29, 1.82) is 0 Å². The first-order valence-corrected chi connectivity index (χ1v) is 7.90. The van der Waals surface area contributed by atoms with Gasteiger partial charge in [-0.25, -0.2) is 4.98 Å². The molecule has 0 unspecified atom stereocenters. The normalized spacial score (nSPS) is 11.5. The predicted octanol–water partition coefficient (Wildman–Crippen LogP) is 2.67. The molecule has 2 aromatic rings. The van der Waals surface area contributed by atoms with E-state index in [4.69, 9.17) is 0 Å². The fourth-order valence-electron chi connectivity index (χ4n) is 2.03. The van der Waals surface area contributed by atoms with Crippen molar-refractivity contribution in [2.45, 2.75) is 26.8 Å². The van der Waals surface area contributed by atoms with E-state index in [1.165, 1.54) is 16.0 Å². The maximum atomic E-state index is 4.36. The van der Waals surface area contributed by atoms with Gasteiger partial charge in [0.15, 0.2) is 5.96 Å². The smallest absolute Gasteiger partial charge is 0.191 e. The molecular formula is C16H22N4S. The predicted molar refractivity (Wildman–Crippen MR) is 89.9 cm³/mol. The Morgan fingerprint density at radius 1 is 1.29 bits per heavy atom. The lowest BCUT2D eigenvalue weighted by molar-refractivity contribution is 0.791. The van der Waals surface area contributed by atoms with Crippen LogP contribution in [-0.4, -0.2) is 24.5 Å². The summed E-state index contributed by atoms with van der Waals surface area (Å²) < 4.78 is 0. The molecule has 0 atom stereocenters. The highest BCUT2D eigenvalue weighted by atomic mass is 32.1. The van der Waals surface area contributed by atoms with Crippen LogP contribution < -0.4 is 10.6 Å². The SMILES string of the molecule is CN=C(NCCc1ncc(C)s1)NCc1cccc(C)c1. The molecule has 0 aliphatic rings. The molecule has 2 rings (SSSR count). The highest BCUT2D eigenvalue weighted by Gasteiger charge is 2.01. The van der Waals surface area contributed by atoms with Crippen LogP contribution in [0.15, 0.2) is 35.5 Å². The minimum absolute atomic E-state index is 0.776. The third kappa shape index (κ3) is 5.19. The average Bonchev–Trinajstić information content (AvgIpc) is 2.88. The zero-order valence-electron chi connectivity index (χ0n) is 12.8. The topological polar surface area (TPSA) is 49.3 Å². The van der Waals surface area contributed by atoms with E-state index in [9.17, 15) is 0 Å². The molecule has 0 fully saturated rings. The summed E-state index contributed by atoms with van der Waals surface area (Å²) in [6.07, 6.45) is 2.84. The van der Waals surface area contributed by atoms with Crippen LogP contribution in [0, 0.1) is 13.8 Å². The zero-order valence-corrected chi connectivity index (χ0v) is 13.6. The van der Waals surface area contributed by atoms with E-state index in [-0.39, 0.29) is 0 Å². The number of aromatic nitrogens is 1. The Hall–Kier alpha value is -1.88. The molecule has 0 amide bonds. The first-order chi connectivity index (χ1) is 10.2. The number of aliphatic imine (C=N–C) groups is 1. The minimum atomic E-state index is 0.776. The fraction of sp³-hybridized carbons (Fsp3) is 0.375. The molecule has 0 aliphatic heterocycles. The zero-order chi connectivity index (χ0) is 15.1. The van der Waals surface area contributed by atoms with Gasteiger partial charge >= 0.3 is 0 Å². The maximum absolute atomic E-state index is 4.36. The van der Waals surface area contributed by atoms with Crippen LogP contribution >= 0.6 is 11.3 Å². The summed E-state index contributed by atoms with van der Waals surface area (Å²) >= 11 is 1.75. The molecule has 0 aliphatic carbocycles. The minimum Gasteiger partial charge on any atom is -0.356 e. The van der Waals surface area contributed by atoms with Gasteiger partial charge < -0.3 is 10.6 Å². The van der Waals surface area contributed by atoms with Crippen molar-refractivity contribution >= 4 is 17.3 Å². The second kappa shape index (κ2) is 7.78. The molecule has 1 aromatic heterocycles. The van der Waals surface area contributed by atoms with Gasteiger partial charge in [0.25, 0.3) is 0 Å². The Labute approximate surface area is 130 Å². The van der Waals surface area contributed by atoms with E-state index < -0.39 is 0 Å². The van der Waals surface area contributed by atoms with Gasteiger partial charge in [0.2, 0.25) is 0 Å². The van der Waals surface area contributed by atoms with Crippen LogP contribution in [0.2, 0.25) is 0 Å². The van der Waals surface area contributed by atoms with Crippen LogP contribution in [0.5, 0.6) is 0 Å². The second-order valence-corrected chi connectivity index (χ2v) is 6.28. The molecule has 1 heterocycles. The number of thiazole rings is 1. The number of benzene rings is 1. The number of guanidine groups is 1. The van der Waals surface area contributed by atoms with Gasteiger partial charge in [-0.15, -0.1) is 11.3 Å². The molecule has 0 saturated heterocycles. The van der Waals surface area contributed by atoms with Crippen LogP contribution in [0.25, 0.3) is 0 Å². The lowest BCUT2D eigenvalue weighted by Gasteiger charge is -2.11. The Kier molecular flexibility index (Phi) is 5.75. The van der Waals surface area contributed by atoms with Crippen LogP contribution in [0.1, 0.15) is 21.0 Å². The monoisotopic (exact) mass is 302 g/mol. The number of hydrogen-bond acceptors (Lipinski definition) is 3. The molecule has 112 valence electrons. The van der Waals surface area contributed by atoms with Gasteiger partial charge in [-0.2, -0.15) is 0 Å². The van der Waals surface area contributed by atoms with Crippen molar-refractivity contribution in [3.05, 3.63) is 51.5 Å². The summed E-state index contributed by atoms with van der Waals surface area (Å²) in [7, 11) is 1.79. The van der Waals surface area contributed by atoms with Crippen LogP contribution in [-0.2, 0) is 13.0 Å². The summed E-state index contributed by atoms with van der Waals surface area (Å²) in [5, 5.41) is 7.81. The molecule has 4 nitrogen and oxygen atoms in total. The molecule has 2 N–H and O–H groups in total. The van der Waals surface area contributed by atoms with Crippen LogP contribution in [0.4, 0.5) is 0 Å². The van der Waals surface area contributed by atoms with Crippen molar-refractivity contribution in [3.63, 3.8) is 0 Å². The summed E-state index contributed by atoms with van der Waals surface area (Å²) in [4.78, 5) is 9.86. The van der Waals surface area contributed by atoms with E-state index in [0.29, 0.717) is 0 Å². The molecule has 0 bridgehead atoms. The average molecular weight is 302 g/mol. The molecule has 5 heteroatoms. The Bertz CT molecular complexity index is 604. The van der Waals surface area contributed by atoms with Gasteiger partial charge in [0.05, 0.1) is 5.01 Å². The third-order valence-electron chi connectivity index (χ3n) is 3.07. The molecular weight excluding hydrogens is 280 g/mol. The summed E-state index contributed by atoms with van der Waals surface area (Å²) in [5.41, 5.74) is 2.53. The van der Waals surface area contributed by atoms with Crippen LogP contribution in [0.3, 0.4) is 0 Å². The van der Waals surface area contributed by atoms with E-state index in [1.807, 2.05) is 6.20 Å². The molecule has 21 heavy (non-hydrogen) atoms. The standard InChI is InChI=1S/C16H22N4S/c1-12-5-4-6-14(9-12)11-20-16(17-3)18-8-7-15-19-10-13(2)21-15/h4-6,9-10H,7-8,11H2,1-3H3,(H2,17,18,20). The van der Waals surface area contributed by atoms with Crippen molar-refractivity contribution < 1.29 is 0 Å². The van der Waals surface area contributed by atoms with E-state index >= 15 is 0 Å². The Morgan fingerprint density at radius 3 is 2.81 bits per heavy atom. The molecule has 1 aromatic carbocycles. The van der Waals surface area contributed by atoms with E-state index in [0.717, 1.165) is 30.5 Å². The van der Waals surface area contributed by atoms with Gasteiger partial charge in [-0.3, -0.25) is 4.99 Å². The number of hydrogen-bond donors (Lipinski definition) is 2. The summed E-state index contributed by atoms with van der Waals surface area (Å²) in [6, 6.07) is 8.48. The first kappa shape index (κ1) is 15.5. The number of nitrogens with one attached hydrogen (secondary N) is 2. The quantitative estimate of drug-likeness (QED) is 0.659. The first-order valence-electron chi connectivity index (χ1n) is 7.09. The van der Waals surface area contributed by atoms with Crippen molar-refractivity contribution in [1.82, 2.24) is 15.6 Å². The largest absolute Gasteiger partial charge is 0.356 e. The van der Waals surface area contributed by atoms with Gasteiger partial charge in [-0.1, -0.05) is 29.8 Å².